The molecule has 0 saturated carbocycles. The van der Waals surface area contributed by atoms with Crippen LogP contribution < -0.4 is 15.1 Å². The number of rotatable bonds is 3. The Bertz CT molecular complexity index is 873. The fraction of sp³-hybridized carbons (Fsp3) is 0.364. The van der Waals surface area contributed by atoms with Gasteiger partial charge in [-0.05, 0) is 49.2 Å². The number of para-hydroxylation sites is 1. The largest absolute Gasteiger partial charge is 0.372 e. The van der Waals surface area contributed by atoms with Crippen LogP contribution in [0, 0.1) is 5.82 Å². The molecule has 0 unspecified atom stereocenters. The second kappa shape index (κ2) is 8.51. The van der Waals surface area contributed by atoms with Crippen molar-refractivity contribution in [1.29, 1.82) is 0 Å². The predicted molar refractivity (Wildman–Crippen MR) is 112 cm³/mol. The molecule has 0 atom stereocenters. The number of halogens is 1. The van der Waals surface area contributed by atoms with Gasteiger partial charge in [-0.15, -0.1) is 0 Å². The lowest BCUT2D eigenvalue weighted by Gasteiger charge is -2.35. The summed E-state index contributed by atoms with van der Waals surface area (Å²) < 4.78 is 13.9. The van der Waals surface area contributed by atoms with E-state index in [1.807, 2.05) is 29.2 Å². The Kier molecular flexibility index (Phi) is 5.64. The summed E-state index contributed by atoms with van der Waals surface area (Å²) in [4.78, 5) is 30.6. The highest BCUT2D eigenvalue weighted by Crippen LogP contribution is 2.23. The molecule has 0 aliphatic carbocycles. The van der Waals surface area contributed by atoms with Crippen LogP contribution in [-0.4, -0.2) is 56.0 Å². The number of anilines is 3. The lowest BCUT2D eigenvalue weighted by atomic mass is 10.2. The van der Waals surface area contributed by atoms with E-state index in [-0.39, 0.29) is 5.82 Å². The molecule has 0 aromatic heterocycles. The van der Waals surface area contributed by atoms with Crippen molar-refractivity contribution < 1.29 is 14.0 Å². The van der Waals surface area contributed by atoms with Gasteiger partial charge >= 0.3 is 11.8 Å². The highest BCUT2D eigenvalue weighted by molar-refractivity contribution is 6.39. The fourth-order valence-corrected chi connectivity index (χ4v) is 3.92. The number of carbonyl (C=O) groups excluding carboxylic acids is 2. The molecule has 2 aromatic carbocycles. The third-order valence-corrected chi connectivity index (χ3v) is 5.55. The molecular formula is C22H25FN4O2. The van der Waals surface area contributed by atoms with Crippen LogP contribution in [-0.2, 0) is 9.59 Å². The second-order valence-corrected chi connectivity index (χ2v) is 7.43. The predicted octanol–water partition coefficient (Wildman–Crippen LogP) is 2.71. The van der Waals surface area contributed by atoms with E-state index in [9.17, 15) is 14.0 Å². The van der Waals surface area contributed by atoms with Gasteiger partial charge in [0.05, 0.1) is 5.69 Å². The van der Waals surface area contributed by atoms with Crippen LogP contribution in [0.3, 0.4) is 0 Å². The lowest BCUT2D eigenvalue weighted by molar-refractivity contribution is -0.143. The van der Waals surface area contributed by atoms with Crippen LogP contribution in [0.1, 0.15) is 12.8 Å². The Morgan fingerprint density at radius 1 is 0.793 bits per heavy atom. The normalized spacial score (nSPS) is 16.8. The SMILES string of the molecule is O=C(Nc1ccc(N2CCCC2)cc1)C(=O)N1CCN(c2ccccc2F)CC1. The van der Waals surface area contributed by atoms with Crippen molar-refractivity contribution in [3.63, 3.8) is 0 Å². The summed E-state index contributed by atoms with van der Waals surface area (Å²) in [6.07, 6.45) is 2.41. The van der Waals surface area contributed by atoms with E-state index in [1.165, 1.54) is 23.8 Å². The van der Waals surface area contributed by atoms with Gasteiger partial charge in [-0.2, -0.15) is 0 Å². The van der Waals surface area contributed by atoms with Gasteiger partial charge in [0, 0.05) is 50.6 Å². The van der Waals surface area contributed by atoms with Crippen LogP contribution in [0.15, 0.2) is 48.5 Å². The third-order valence-electron chi connectivity index (χ3n) is 5.55. The van der Waals surface area contributed by atoms with Gasteiger partial charge in [0.25, 0.3) is 0 Å². The number of nitrogens with one attached hydrogen (secondary N) is 1. The maximum absolute atomic E-state index is 13.9. The van der Waals surface area contributed by atoms with Gasteiger partial charge in [-0.3, -0.25) is 9.59 Å². The summed E-state index contributed by atoms with van der Waals surface area (Å²) in [5.74, 6) is -1.47. The zero-order valence-electron chi connectivity index (χ0n) is 16.3. The minimum atomic E-state index is -0.640. The van der Waals surface area contributed by atoms with Gasteiger partial charge in [0.2, 0.25) is 0 Å². The molecule has 0 radical (unpaired) electrons. The summed E-state index contributed by atoms with van der Waals surface area (Å²) in [7, 11) is 0. The molecule has 6 nitrogen and oxygen atoms in total. The van der Waals surface area contributed by atoms with Crippen LogP contribution in [0.4, 0.5) is 21.5 Å². The van der Waals surface area contributed by atoms with Crippen LogP contribution in [0.2, 0.25) is 0 Å². The van der Waals surface area contributed by atoms with Crippen molar-refractivity contribution in [2.75, 3.05) is 54.4 Å². The van der Waals surface area contributed by atoms with Crippen molar-refractivity contribution in [3.05, 3.63) is 54.3 Å². The van der Waals surface area contributed by atoms with E-state index in [2.05, 4.69) is 10.2 Å². The zero-order valence-corrected chi connectivity index (χ0v) is 16.3. The molecule has 0 bridgehead atoms. The van der Waals surface area contributed by atoms with Crippen LogP contribution >= 0.6 is 0 Å². The monoisotopic (exact) mass is 396 g/mol. The summed E-state index contributed by atoms with van der Waals surface area (Å²) >= 11 is 0. The number of benzene rings is 2. The first-order valence-electron chi connectivity index (χ1n) is 10.1. The van der Waals surface area contributed by atoms with Crippen molar-refractivity contribution in [1.82, 2.24) is 4.90 Å². The first kappa shape index (κ1) is 19.2. The average Bonchev–Trinajstić information content (AvgIpc) is 3.29. The lowest BCUT2D eigenvalue weighted by Crippen LogP contribution is -2.51. The molecule has 7 heteroatoms. The minimum absolute atomic E-state index is 0.276. The summed E-state index contributed by atoms with van der Waals surface area (Å²) in [6.45, 7) is 3.87. The Balaban J connectivity index is 1.30. The molecule has 2 fully saturated rings. The van der Waals surface area contributed by atoms with Gasteiger partial charge in [0.15, 0.2) is 0 Å². The van der Waals surface area contributed by atoms with E-state index < -0.39 is 11.8 Å². The Morgan fingerprint density at radius 2 is 1.45 bits per heavy atom. The van der Waals surface area contributed by atoms with E-state index >= 15 is 0 Å². The molecular weight excluding hydrogens is 371 g/mol. The maximum atomic E-state index is 13.9. The second-order valence-electron chi connectivity index (χ2n) is 7.43. The van der Waals surface area contributed by atoms with E-state index in [1.54, 1.807) is 18.2 Å². The van der Waals surface area contributed by atoms with E-state index in [0.29, 0.717) is 37.6 Å². The smallest absolute Gasteiger partial charge is 0.313 e. The number of hydrogen-bond acceptors (Lipinski definition) is 4. The first-order valence-corrected chi connectivity index (χ1v) is 10.1. The summed E-state index contributed by atoms with van der Waals surface area (Å²) in [6, 6.07) is 14.2. The summed E-state index contributed by atoms with van der Waals surface area (Å²) in [5, 5.41) is 2.69. The molecule has 2 aliphatic heterocycles. The van der Waals surface area contributed by atoms with Gasteiger partial charge in [-0.1, -0.05) is 12.1 Å². The number of piperazine rings is 1. The molecule has 2 saturated heterocycles. The van der Waals surface area contributed by atoms with Crippen LogP contribution in [0.5, 0.6) is 0 Å². The van der Waals surface area contributed by atoms with E-state index in [4.69, 9.17) is 0 Å². The zero-order chi connectivity index (χ0) is 20.2. The number of carbonyl (C=O) groups is 2. The number of nitrogens with zero attached hydrogens (tertiary/aromatic N) is 3. The van der Waals surface area contributed by atoms with Crippen molar-refractivity contribution in [3.8, 4) is 0 Å². The van der Waals surface area contributed by atoms with E-state index in [0.717, 1.165) is 18.8 Å². The maximum Gasteiger partial charge on any atom is 0.313 e. The standard InChI is InChI=1S/C22H25FN4O2/c23-19-5-1-2-6-20(19)26-13-15-27(16-14-26)22(29)21(28)24-17-7-9-18(10-8-17)25-11-3-4-12-25/h1-2,5-10H,3-4,11-16H2,(H,24,28). The average molecular weight is 396 g/mol. The number of amides is 2. The molecule has 4 rings (SSSR count). The molecule has 152 valence electrons. The molecule has 2 aromatic rings. The topological polar surface area (TPSA) is 55.9 Å². The van der Waals surface area contributed by atoms with Gasteiger partial charge in [0.1, 0.15) is 5.82 Å². The molecule has 2 amide bonds. The molecule has 29 heavy (non-hydrogen) atoms. The number of hydrogen-bond donors (Lipinski definition) is 1. The Morgan fingerprint density at radius 3 is 2.10 bits per heavy atom. The molecule has 1 N–H and O–H groups in total. The minimum Gasteiger partial charge on any atom is -0.372 e. The van der Waals surface area contributed by atoms with Gasteiger partial charge in [-0.25, -0.2) is 4.39 Å². The van der Waals surface area contributed by atoms with Crippen LogP contribution in [0.25, 0.3) is 0 Å². The fourth-order valence-electron chi connectivity index (χ4n) is 3.92. The highest BCUT2D eigenvalue weighted by atomic mass is 19.1. The van der Waals surface area contributed by atoms with Crippen molar-refractivity contribution in [2.24, 2.45) is 0 Å². The van der Waals surface area contributed by atoms with Crippen molar-refractivity contribution >= 4 is 28.9 Å². The molecule has 2 heterocycles. The Hall–Kier alpha value is -3.09. The first-order chi connectivity index (χ1) is 14.1. The quantitative estimate of drug-likeness (QED) is 0.811. The Labute approximate surface area is 169 Å². The molecule has 0 spiro atoms. The highest BCUT2D eigenvalue weighted by Gasteiger charge is 2.27. The van der Waals surface area contributed by atoms with Gasteiger partial charge < -0.3 is 20.0 Å². The summed E-state index contributed by atoms with van der Waals surface area (Å²) in [5.41, 5.74) is 2.27. The molecule has 2 aliphatic rings. The van der Waals surface area contributed by atoms with Crippen molar-refractivity contribution in [2.45, 2.75) is 12.8 Å². The third kappa shape index (κ3) is 4.34.